The van der Waals surface area contributed by atoms with Crippen molar-refractivity contribution in [2.45, 2.75) is 19.5 Å². The zero-order valence-corrected chi connectivity index (χ0v) is 10.3. The molecule has 0 fully saturated rings. The molecule has 0 radical (unpaired) electrons. The number of anilines is 1. The molecule has 0 amide bonds. The van der Waals surface area contributed by atoms with Gasteiger partial charge in [-0.25, -0.2) is 0 Å². The number of aliphatic hydroxyl groups is 1. The van der Waals surface area contributed by atoms with Crippen LogP contribution in [0.15, 0.2) is 48.5 Å². The molecular formula is C16H17NO. The summed E-state index contributed by atoms with van der Waals surface area (Å²) in [6.45, 7) is 2.21. The fraction of sp³-hybridized carbons (Fsp3) is 0.250. The van der Waals surface area contributed by atoms with Gasteiger partial charge in [0.05, 0.1) is 0 Å². The van der Waals surface area contributed by atoms with E-state index in [-0.39, 0.29) is 6.61 Å². The lowest BCUT2D eigenvalue weighted by Crippen LogP contribution is -2.14. The highest BCUT2D eigenvalue weighted by molar-refractivity contribution is 5.52. The monoisotopic (exact) mass is 239 g/mol. The van der Waals surface area contributed by atoms with Crippen LogP contribution in [0.25, 0.3) is 0 Å². The fourth-order valence-electron chi connectivity index (χ4n) is 2.52. The Morgan fingerprint density at radius 3 is 2.06 bits per heavy atom. The van der Waals surface area contributed by atoms with Crippen molar-refractivity contribution in [1.82, 2.24) is 0 Å². The molecule has 0 aromatic heterocycles. The molecule has 0 atom stereocenters. The highest BCUT2D eigenvalue weighted by atomic mass is 16.2. The molecule has 1 aliphatic rings. The molecule has 18 heavy (non-hydrogen) atoms. The summed E-state index contributed by atoms with van der Waals surface area (Å²) < 4.78 is 0. The second-order valence-corrected chi connectivity index (χ2v) is 4.76. The molecule has 92 valence electrons. The molecule has 1 N–H and O–H groups in total. The Bertz CT molecular complexity index is 508. The van der Waals surface area contributed by atoms with E-state index in [1.54, 1.807) is 0 Å². The summed E-state index contributed by atoms with van der Waals surface area (Å²) in [6, 6.07) is 17.1. The third-order valence-electron chi connectivity index (χ3n) is 3.54. The predicted molar refractivity (Wildman–Crippen MR) is 73.6 cm³/mol. The Kier molecular flexibility index (Phi) is 3.03. The lowest BCUT2D eigenvalue weighted by Gasteiger charge is -2.18. The van der Waals surface area contributed by atoms with E-state index >= 15 is 0 Å². The van der Waals surface area contributed by atoms with Gasteiger partial charge in [0.15, 0.2) is 0 Å². The number of nitrogens with zero attached hydrogens (tertiary/aromatic N) is 1. The molecule has 0 bridgehead atoms. The molecule has 0 saturated heterocycles. The minimum Gasteiger partial charge on any atom is -0.396 e. The van der Waals surface area contributed by atoms with Crippen molar-refractivity contribution in [2.24, 2.45) is 0 Å². The van der Waals surface area contributed by atoms with Gasteiger partial charge in [-0.05, 0) is 35.2 Å². The highest BCUT2D eigenvalue weighted by Crippen LogP contribution is 2.28. The van der Waals surface area contributed by atoms with Crippen molar-refractivity contribution >= 4 is 5.69 Å². The number of hydrogen-bond acceptors (Lipinski definition) is 2. The summed E-state index contributed by atoms with van der Waals surface area (Å²) in [6.07, 6.45) is 0.737. The molecule has 1 heterocycles. The molecule has 0 aliphatic carbocycles. The minimum absolute atomic E-state index is 0.217. The quantitative estimate of drug-likeness (QED) is 0.890. The zero-order chi connectivity index (χ0) is 12.4. The first-order chi connectivity index (χ1) is 8.86. The summed E-state index contributed by atoms with van der Waals surface area (Å²) in [4.78, 5) is 2.38. The second kappa shape index (κ2) is 4.83. The zero-order valence-electron chi connectivity index (χ0n) is 10.3. The average molecular weight is 239 g/mol. The topological polar surface area (TPSA) is 23.5 Å². The van der Waals surface area contributed by atoms with Crippen LogP contribution < -0.4 is 4.90 Å². The third kappa shape index (κ3) is 2.12. The van der Waals surface area contributed by atoms with Gasteiger partial charge >= 0.3 is 0 Å². The molecule has 2 nitrogen and oxygen atoms in total. The number of benzene rings is 2. The molecule has 0 saturated carbocycles. The van der Waals surface area contributed by atoms with Gasteiger partial charge in [0.25, 0.3) is 0 Å². The summed E-state index contributed by atoms with van der Waals surface area (Å²) in [5.41, 5.74) is 5.31. The Labute approximate surface area is 107 Å². The van der Waals surface area contributed by atoms with Gasteiger partial charge in [-0.2, -0.15) is 0 Å². The lowest BCUT2D eigenvalue weighted by atomic mass is 10.1. The highest BCUT2D eigenvalue weighted by Gasteiger charge is 2.18. The van der Waals surface area contributed by atoms with E-state index in [1.165, 1.54) is 22.4 Å². The molecule has 2 heteroatoms. The number of fused-ring (bicyclic) bond motifs is 1. The van der Waals surface area contributed by atoms with Gasteiger partial charge in [0.1, 0.15) is 0 Å². The Morgan fingerprint density at radius 2 is 1.50 bits per heavy atom. The molecular weight excluding hydrogens is 222 g/mol. The van der Waals surface area contributed by atoms with E-state index in [9.17, 15) is 0 Å². The van der Waals surface area contributed by atoms with Crippen LogP contribution in [0.1, 0.15) is 16.7 Å². The van der Waals surface area contributed by atoms with Crippen LogP contribution in [0.5, 0.6) is 0 Å². The first kappa shape index (κ1) is 11.3. The summed E-state index contributed by atoms with van der Waals surface area (Å²) in [7, 11) is 0. The SMILES string of the molecule is OCCc1ccc(N2Cc3ccccc3C2)cc1. The van der Waals surface area contributed by atoms with Crippen molar-refractivity contribution < 1.29 is 5.11 Å². The van der Waals surface area contributed by atoms with E-state index in [2.05, 4.69) is 53.4 Å². The van der Waals surface area contributed by atoms with Gasteiger partial charge in [-0.1, -0.05) is 36.4 Å². The smallest absolute Gasteiger partial charge is 0.0471 e. The van der Waals surface area contributed by atoms with Gasteiger partial charge in [0.2, 0.25) is 0 Å². The summed E-state index contributed by atoms with van der Waals surface area (Å²) in [5, 5.41) is 8.91. The molecule has 2 aromatic carbocycles. The van der Waals surface area contributed by atoms with Crippen LogP contribution in [-0.4, -0.2) is 11.7 Å². The molecule has 0 unspecified atom stereocenters. The summed E-state index contributed by atoms with van der Waals surface area (Å²) in [5.74, 6) is 0. The van der Waals surface area contributed by atoms with E-state index in [4.69, 9.17) is 5.11 Å². The van der Waals surface area contributed by atoms with Crippen LogP contribution in [0.3, 0.4) is 0 Å². The molecule has 2 aromatic rings. The number of hydrogen-bond donors (Lipinski definition) is 1. The Morgan fingerprint density at radius 1 is 0.889 bits per heavy atom. The summed E-state index contributed by atoms with van der Waals surface area (Å²) >= 11 is 0. The van der Waals surface area contributed by atoms with Crippen LogP contribution >= 0.6 is 0 Å². The van der Waals surface area contributed by atoms with E-state index in [0.29, 0.717) is 0 Å². The van der Waals surface area contributed by atoms with Crippen LogP contribution in [0.2, 0.25) is 0 Å². The average Bonchev–Trinajstić information content (AvgIpc) is 2.84. The maximum Gasteiger partial charge on any atom is 0.0471 e. The predicted octanol–water partition coefficient (Wildman–Crippen LogP) is 2.74. The standard InChI is InChI=1S/C16H17NO/c18-10-9-13-5-7-16(8-6-13)17-11-14-3-1-2-4-15(14)12-17/h1-8,18H,9-12H2. The number of aliphatic hydroxyl groups excluding tert-OH is 1. The van der Waals surface area contributed by atoms with Crippen LogP contribution in [-0.2, 0) is 19.5 Å². The van der Waals surface area contributed by atoms with Crippen LogP contribution in [0, 0.1) is 0 Å². The third-order valence-corrected chi connectivity index (χ3v) is 3.54. The van der Waals surface area contributed by atoms with E-state index in [1.807, 2.05) is 0 Å². The largest absolute Gasteiger partial charge is 0.396 e. The minimum atomic E-state index is 0.217. The molecule has 0 spiro atoms. The Balaban J connectivity index is 1.78. The van der Waals surface area contributed by atoms with Gasteiger partial charge < -0.3 is 10.0 Å². The normalized spacial score (nSPS) is 13.7. The Hall–Kier alpha value is -1.80. The molecule has 1 aliphatic heterocycles. The van der Waals surface area contributed by atoms with Gasteiger partial charge in [0, 0.05) is 25.4 Å². The fourth-order valence-corrected chi connectivity index (χ4v) is 2.52. The van der Waals surface area contributed by atoms with E-state index < -0.39 is 0 Å². The van der Waals surface area contributed by atoms with Crippen molar-refractivity contribution in [3.63, 3.8) is 0 Å². The van der Waals surface area contributed by atoms with Gasteiger partial charge in [-0.15, -0.1) is 0 Å². The van der Waals surface area contributed by atoms with Crippen molar-refractivity contribution in [3.8, 4) is 0 Å². The molecule has 3 rings (SSSR count). The lowest BCUT2D eigenvalue weighted by molar-refractivity contribution is 0.299. The van der Waals surface area contributed by atoms with Crippen molar-refractivity contribution in [2.75, 3.05) is 11.5 Å². The van der Waals surface area contributed by atoms with Gasteiger partial charge in [-0.3, -0.25) is 0 Å². The van der Waals surface area contributed by atoms with Crippen molar-refractivity contribution in [3.05, 3.63) is 65.2 Å². The van der Waals surface area contributed by atoms with Crippen molar-refractivity contribution in [1.29, 1.82) is 0 Å². The maximum atomic E-state index is 8.91. The van der Waals surface area contributed by atoms with Crippen LogP contribution in [0.4, 0.5) is 5.69 Å². The first-order valence-electron chi connectivity index (χ1n) is 6.38. The maximum absolute atomic E-state index is 8.91. The first-order valence-corrected chi connectivity index (χ1v) is 6.38. The second-order valence-electron chi connectivity index (χ2n) is 4.76. The van der Waals surface area contributed by atoms with E-state index in [0.717, 1.165) is 19.5 Å². The number of rotatable bonds is 3.